The smallest absolute Gasteiger partial charge is 0.211 e. The minimum absolute atomic E-state index is 0.121. The first-order valence-corrected chi connectivity index (χ1v) is 4.77. The molecule has 0 fully saturated rings. The fraction of sp³-hybridized carbons (Fsp3) is 0. The quantitative estimate of drug-likeness (QED) is 0.282. The molecule has 0 radical (unpaired) electrons. The van der Waals surface area contributed by atoms with Crippen LogP contribution in [0.3, 0.4) is 0 Å². The number of nitrogens with zero attached hydrogens (tertiary/aromatic N) is 5. The summed E-state index contributed by atoms with van der Waals surface area (Å²) in [6.45, 7) is 0. The van der Waals surface area contributed by atoms with E-state index in [9.17, 15) is 0 Å². The molecule has 0 bridgehead atoms. The summed E-state index contributed by atoms with van der Waals surface area (Å²) in [7, 11) is 0. The zero-order chi connectivity index (χ0) is 13.4. The summed E-state index contributed by atoms with van der Waals surface area (Å²) in [5.74, 6) is -0.241. The fourth-order valence-electron chi connectivity index (χ4n) is 0.942. The molecule has 0 saturated carbocycles. The highest BCUT2D eigenvalue weighted by atomic mass is 15.3. The molecule has 0 atom stereocenters. The topological polar surface area (TPSA) is 166 Å². The van der Waals surface area contributed by atoms with Crippen LogP contribution in [-0.4, -0.2) is 29.3 Å². The zero-order valence-corrected chi connectivity index (χ0v) is 9.43. The third kappa shape index (κ3) is 5.21. The Morgan fingerprint density at radius 2 is 1.33 bits per heavy atom. The fourth-order valence-corrected chi connectivity index (χ4v) is 0.942. The second kappa shape index (κ2) is 6.58. The Hall–Kier alpha value is -2.97. The Bertz CT molecular complexity index is 463. The van der Waals surface area contributed by atoms with Gasteiger partial charge in [-0.2, -0.15) is 10.2 Å². The molecule has 0 aromatic carbocycles. The van der Waals surface area contributed by atoms with Crippen molar-refractivity contribution in [3.05, 3.63) is 29.6 Å². The summed E-state index contributed by atoms with van der Waals surface area (Å²) in [5, 5.41) is 14.2. The Balaban J connectivity index is 2.80. The molecule has 1 aromatic rings. The highest BCUT2D eigenvalue weighted by molar-refractivity contribution is 5.86. The van der Waals surface area contributed by atoms with Crippen molar-refractivity contribution in [2.45, 2.75) is 0 Å². The Kier molecular flexibility index (Phi) is 4.79. The van der Waals surface area contributed by atoms with Crippen molar-refractivity contribution >= 4 is 24.3 Å². The highest BCUT2D eigenvalue weighted by Gasteiger charge is 1.92. The van der Waals surface area contributed by atoms with Crippen LogP contribution in [0, 0.1) is 0 Å². The SMILES string of the molecule is NC(N)=N/N=C/c1cncc(/C=N/N=C(N)N)c1. The van der Waals surface area contributed by atoms with Gasteiger partial charge in [0, 0.05) is 23.5 Å². The van der Waals surface area contributed by atoms with Gasteiger partial charge >= 0.3 is 0 Å². The molecule has 18 heavy (non-hydrogen) atoms. The van der Waals surface area contributed by atoms with Gasteiger partial charge in [0.15, 0.2) is 0 Å². The molecule has 0 aliphatic heterocycles. The summed E-state index contributed by atoms with van der Waals surface area (Å²) in [4.78, 5) is 3.98. The number of hydrogen-bond acceptors (Lipinski definition) is 5. The molecule has 0 spiro atoms. The van der Waals surface area contributed by atoms with E-state index in [1.165, 1.54) is 12.4 Å². The van der Waals surface area contributed by atoms with Gasteiger partial charge in [-0.1, -0.05) is 0 Å². The van der Waals surface area contributed by atoms with Crippen molar-refractivity contribution in [3.8, 4) is 0 Å². The van der Waals surface area contributed by atoms with Gasteiger partial charge in [0.2, 0.25) is 11.9 Å². The molecule has 9 nitrogen and oxygen atoms in total. The maximum atomic E-state index is 5.12. The van der Waals surface area contributed by atoms with E-state index in [2.05, 4.69) is 25.4 Å². The number of guanidine groups is 2. The zero-order valence-electron chi connectivity index (χ0n) is 9.43. The average molecular weight is 247 g/mol. The lowest BCUT2D eigenvalue weighted by molar-refractivity contribution is 1.20. The van der Waals surface area contributed by atoms with Crippen molar-refractivity contribution in [3.63, 3.8) is 0 Å². The van der Waals surface area contributed by atoms with E-state index in [4.69, 9.17) is 22.9 Å². The normalized spacial score (nSPS) is 10.7. The Morgan fingerprint density at radius 3 is 1.72 bits per heavy atom. The summed E-state index contributed by atoms with van der Waals surface area (Å²) in [6.07, 6.45) is 6.07. The monoisotopic (exact) mass is 247 g/mol. The lowest BCUT2D eigenvalue weighted by atomic mass is 10.2. The molecule has 8 N–H and O–H groups in total. The molecular weight excluding hydrogens is 234 g/mol. The van der Waals surface area contributed by atoms with Crippen LogP contribution in [0.25, 0.3) is 0 Å². The van der Waals surface area contributed by atoms with Gasteiger partial charge in [-0.25, -0.2) is 0 Å². The van der Waals surface area contributed by atoms with E-state index in [1.54, 1.807) is 18.5 Å². The van der Waals surface area contributed by atoms with Crippen molar-refractivity contribution in [2.75, 3.05) is 0 Å². The van der Waals surface area contributed by atoms with E-state index < -0.39 is 0 Å². The molecule has 1 rings (SSSR count). The Labute approximate surface area is 103 Å². The maximum absolute atomic E-state index is 5.12. The molecule has 0 saturated heterocycles. The number of pyridine rings is 1. The minimum Gasteiger partial charge on any atom is -0.369 e. The molecule has 0 unspecified atom stereocenters. The van der Waals surface area contributed by atoms with Crippen molar-refractivity contribution in [1.29, 1.82) is 0 Å². The third-order valence-corrected chi connectivity index (χ3v) is 1.54. The van der Waals surface area contributed by atoms with E-state index >= 15 is 0 Å². The van der Waals surface area contributed by atoms with Crippen LogP contribution >= 0.6 is 0 Å². The highest BCUT2D eigenvalue weighted by Crippen LogP contribution is 1.98. The van der Waals surface area contributed by atoms with E-state index in [0.29, 0.717) is 11.1 Å². The van der Waals surface area contributed by atoms with Crippen LogP contribution in [0.15, 0.2) is 38.9 Å². The molecule has 1 heterocycles. The number of aromatic nitrogens is 1. The van der Waals surface area contributed by atoms with Gasteiger partial charge in [0.05, 0.1) is 12.4 Å². The molecule has 1 aromatic heterocycles. The van der Waals surface area contributed by atoms with Crippen molar-refractivity contribution < 1.29 is 0 Å². The molecule has 94 valence electrons. The predicted octanol–water partition coefficient (Wildman–Crippen LogP) is -1.70. The van der Waals surface area contributed by atoms with E-state index in [-0.39, 0.29) is 11.9 Å². The first-order valence-electron chi connectivity index (χ1n) is 4.77. The standard InChI is InChI=1S/C9H13N9/c10-8(11)17-15-4-6-1-7(3-14-2-6)5-16-18-9(12)13/h1-5H,(H4,10,11,17)(H4,12,13,18)/b15-4+,16-5+. The summed E-state index contributed by atoms with van der Waals surface area (Å²) < 4.78 is 0. The predicted molar refractivity (Wildman–Crippen MR) is 71.0 cm³/mol. The van der Waals surface area contributed by atoms with Gasteiger partial charge in [-0.3, -0.25) is 4.98 Å². The molecule has 0 aliphatic carbocycles. The van der Waals surface area contributed by atoms with Gasteiger partial charge < -0.3 is 22.9 Å². The van der Waals surface area contributed by atoms with E-state index in [1.807, 2.05) is 0 Å². The maximum Gasteiger partial charge on any atom is 0.211 e. The summed E-state index contributed by atoms with van der Waals surface area (Å²) >= 11 is 0. The molecule has 0 amide bonds. The second-order valence-electron chi connectivity index (χ2n) is 3.09. The van der Waals surface area contributed by atoms with Gasteiger partial charge in [-0.15, -0.1) is 10.2 Å². The van der Waals surface area contributed by atoms with Gasteiger partial charge in [0.25, 0.3) is 0 Å². The molecular formula is C9H13N9. The van der Waals surface area contributed by atoms with Gasteiger partial charge in [-0.05, 0) is 6.07 Å². The number of rotatable bonds is 4. The first-order chi connectivity index (χ1) is 8.58. The van der Waals surface area contributed by atoms with Crippen molar-refractivity contribution in [2.24, 2.45) is 43.3 Å². The number of hydrogen-bond donors (Lipinski definition) is 4. The number of nitrogens with two attached hydrogens (primary N) is 4. The summed E-state index contributed by atoms with van der Waals surface area (Å²) in [6, 6.07) is 1.75. The van der Waals surface area contributed by atoms with Crippen LogP contribution in [0.5, 0.6) is 0 Å². The minimum atomic E-state index is -0.121. The first kappa shape index (κ1) is 13.1. The van der Waals surface area contributed by atoms with Crippen LogP contribution in [-0.2, 0) is 0 Å². The lowest BCUT2D eigenvalue weighted by Crippen LogP contribution is -2.21. The lowest BCUT2D eigenvalue weighted by Gasteiger charge is -1.93. The third-order valence-electron chi connectivity index (χ3n) is 1.54. The summed E-state index contributed by atoms with van der Waals surface area (Å²) in [5.41, 5.74) is 21.9. The van der Waals surface area contributed by atoms with Crippen molar-refractivity contribution in [1.82, 2.24) is 4.98 Å². The molecule has 0 aliphatic rings. The Morgan fingerprint density at radius 1 is 0.889 bits per heavy atom. The van der Waals surface area contributed by atoms with Gasteiger partial charge in [0.1, 0.15) is 0 Å². The van der Waals surface area contributed by atoms with Crippen LogP contribution < -0.4 is 22.9 Å². The van der Waals surface area contributed by atoms with Crippen LogP contribution in [0.2, 0.25) is 0 Å². The van der Waals surface area contributed by atoms with E-state index in [0.717, 1.165) is 0 Å². The molecule has 9 heteroatoms. The second-order valence-corrected chi connectivity index (χ2v) is 3.09. The average Bonchev–Trinajstić information content (AvgIpc) is 2.28. The van der Waals surface area contributed by atoms with Crippen LogP contribution in [0.4, 0.5) is 0 Å². The largest absolute Gasteiger partial charge is 0.369 e. The van der Waals surface area contributed by atoms with Crippen LogP contribution in [0.1, 0.15) is 11.1 Å².